The molecule has 19 heavy (non-hydrogen) atoms. The van der Waals surface area contributed by atoms with Gasteiger partial charge in [0.2, 0.25) is 5.89 Å². The molecule has 2 N–H and O–H groups in total. The summed E-state index contributed by atoms with van der Waals surface area (Å²) in [7, 11) is 0. The van der Waals surface area contributed by atoms with Crippen molar-refractivity contribution in [2.24, 2.45) is 5.73 Å². The van der Waals surface area contributed by atoms with Crippen molar-refractivity contribution in [2.45, 2.75) is 38.6 Å². The van der Waals surface area contributed by atoms with Crippen LogP contribution < -0.4 is 5.73 Å². The van der Waals surface area contributed by atoms with Gasteiger partial charge in [-0.3, -0.25) is 0 Å². The number of rotatable bonds is 6. The van der Waals surface area contributed by atoms with Gasteiger partial charge in [-0.25, -0.2) is 4.39 Å². The lowest BCUT2D eigenvalue weighted by molar-refractivity contribution is 0.343. The van der Waals surface area contributed by atoms with Gasteiger partial charge in [0.05, 0.1) is 6.04 Å². The van der Waals surface area contributed by atoms with E-state index in [1.54, 1.807) is 18.2 Å². The van der Waals surface area contributed by atoms with Crippen LogP contribution in [0, 0.1) is 5.82 Å². The second kappa shape index (κ2) is 6.43. The molecule has 0 aliphatic carbocycles. The molecular weight excluding hydrogens is 245 g/mol. The van der Waals surface area contributed by atoms with Gasteiger partial charge in [0.25, 0.3) is 0 Å². The van der Waals surface area contributed by atoms with Crippen LogP contribution in [0.15, 0.2) is 28.8 Å². The first-order valence-electron chi connectivity index (χ1n) is 6.52. The van der Waals surface area contributed by atoms with Gasteiger partial charge < -0.3 is 10.3 Å². The fourth-order valence-electron chi connectivity index (χ4n) is 1.85. The van der Waals surface area contributed by atoms with E-state index in [0.717, 1.165) is 19.3 Å². The van der Waals surface area contributed by atoms with Crippen molar-refractivity contribution in [2.75, 3.05) is 0 Å². The van der Waals surface area contributed by atoms with E-state index < -0.39 is 0 Å². The molecule has 1 unspecified atom stereocenters. The number of benzene rings is 1. The zero-order valence-electron chi connectivity index (χ0n) is 11.0. The standard InChI is InChI=1S/C14H18FN3O/c1-2-3-8-12(16)14-17-13(18-19-14)9-10-6-4-5-7-11(10)15/h4-7,12H,2-3,8-9,16H2,1H3. The molecular formula is C14H18FN3O. The fraction of sp³-hybridized carbons (Fsp3) is 0.429. The summed E-state index contributed by atoms with van der Waals surface area (Å²) in [5.74, 6) is 0.635. The lowest BCUT2D eigenvalue weighted by Crippen LogP contribution is -2.10. The smallest absolute Gasteiger partial charge is 0.243 e. The summed E-state index contributed by atoms with van der Waals surface area (Å²) in [6.07, 6.45) is 3.23. The predicted molar refractivity (Wildman–Crippen MR) is 70.0 cm³/mol. The molecule has 1 aromatic heterocycles. The van der Waals surface area contributed by atoms with E-state index in [1.807, 2.05) is 0 Å². The van der Waals surface area contributed by atoms with Gasteiger partial charge in [-0.15, -0.1) is 0 Å². The molecule has 1 heterocycles. The zero-order chi connectivity index (χ0) is 13.7. The summed E-state index contributed by atoms with van der Waals surface area (Å²) in [4.78, 5) is 4.23. The maximum atomic E-state index is 13.5. The molecule has 0 aliphatic rings. The van der Waals surface area contributed by atoms with Crippen molar-refractivity contribution < 1.29 is 8.91 Å². The molecule has 1 aromatic carbocycles. The first-order valence-corrected chi connectivity index (χ1v) is 6.52. The molecule has 0 saturated heterocycles. The van der Waals surface area contributed by atoms with Crippen molar-refractivity contribution in [1.29, 1.82) is 0 Å². The van der Waals surface area contributed by atoms with Crippen LogP contribution in [0.3, 0.4) is 0 Å². The molecule has 0 spiro atoms. The summed E-state index contributed by atoms with van der Waals surface area (Å²) >= 11 is 0. The Kier molecular flexibility index (Phi) is 4.63. The number of unbranched alkanes of at least 4 members (excludes halogenated alkanes) is 1. The maximum absolute atomic E-state index is 13.5. The maximum Gasteiger partial charge on any atom is 0.243 e. The van der Waals surface area contributed by atoms with Gasteiger partial charge in [-0.1, -0.05) is 43.1 Å². The van der Waals surface area contributed by atoms with Crippen LogP contribution in [0.1, 0.15) is 49.5 Å². The summed E-state index contributed by atoms with van der Waals surface area (Å²) in [6, 6.07) is 6.33. The Morgan fingerprint density at radius 2 is 2.16 bits per heavy atom. The van der Waals surface area contributed by atoms with Gasteiger partial charge in [0, 0.05) is 6.42 Å². The minimum atomic E-state index is -0.260. The van der Waals surface area contributed by atoms with Gasteiger partial charge in [0.1, 0.15) is 5.82 Å². The van der Waals surface area contributed by atoms with E-state index in [1.165, 1.54) is 6.07 Å². The van der Waals surface area contributed by atoms with Gasteiger partial charge in [0.15, 0.2) is 5.82 Å². The van der Waals surface area contributed by atoms with Crippen LogP contribution in [0.4, 0.5) is 4.39 Å². The SMILES string of the molecule is CCCCC(N)c1nc(Cc2ccccc2F)no1. The van der Waals surface area contributed by atoms with Crippen molar-refractivity contribution in [3.8, 4) is 0 Å². The summed E-state index contributed by atoms with van der Waals surface area (Å²) in [6.45, 7) is 2.10. The molecule has 4 nitrogen and oxygen atoms in total. The molecule has 5 heteroatoms. The number of nitrogens with two attached hydrogens (primary N) is 1. The first-order chi connectivity index (χ1) is 9.20. The molecule has 0 saturated carbocycles. The van der Waals surface area contributed by atoms with Crippen LogP contribution >= 0.6 is 0 Å². The highest BCUT2D eigenvalue weighted by Gasteiger charge is 2.15. The third-order valence-corrected chi connectivity index (χ3v) is 2.98. The highest BCUT2D eigenvalue weighted by molar-refractivity contribution is 5.20. The Bertz CT molecular complexity index is 527. The van der Waals surface area contributed by atoms with Crippen molar-refractivity contribution in [1.82, 2.24) is 10.1 Å². The predicted octanol–water partition coefficient (Wildman–Crippen LogP) is 2.99. The minimum Gasteiger partial charge on any atom is -0.338 e. The fourth-order valence-corrected chi connectivity index (χ4v) is 1.85. The zero-order valence-corrected chi connectivity index (χ0v) is 11.0. The lowest BCUT2D eigenvalue weighted by atomic mass is 10.1. The normalized spacial score (nSPS) is 12.6. The summed E-state index contributed by atoms with van der Waals surface area (Å²) < 4.78 is 18.6. The molecule has 2 aromatic rings. The number of hydrogen-bond acceptors (Lipinski definition) is 4. The van der Waals surface area contributed by atoms with E-state index >= 15 is 0 Å². The minimum absolute atomic E-state index is 0.234. The highest BCUT2D eigenvalue weighted by atomic mass is 19.1. The monoisotopic (exact) mass is 263 g/mol. The van der Waals surface area contributed by atoms with E-state index in [-0.39, 0.29) is 11.9 Å². The van der Waals surface area contributed by atoms with Crippen LogP contribution in [-0.2, 0) is 6.42 Å². The summed E-state index contributed by atoms with van der Waals surface area (Å²) in [5.41, 5.74) is 6.50. The van der Waals surface area contributed by atoms with Crippen LogP contribution in [0.2, 0.25) is 0 Å². The molecule has 1 atom stereocenters. The average Bonchev–Trinajstić information content (AvgIpc) is 2.87. The molecule has 0 amide bonds. The molecule has 102 valence electrons. The van der Waals surface area contributed by atoms with E-state index in [2.05, 4.69) is 17.1 Å². The molecule has 0 radical (unpaired) electrons. The van der Waals surface area contributed by atoms with Crippen LogP contribution in [0.25, 0.3) is 0 Å². The van der Waals surface area contributed by atoms with Crippen molar-refractivity contribution >= 4 is 0 Å². The second-order valence-corrected chi connectivity index (χ2v) is 4.57. The lowest BCUT2D eigenvalue weighted by Gasteiger charge is -2.03. The molecule has 0 fully saturated rings. The van der Waals surface area contributed by atoms with Gasteiger partial charge in [-0.2, -0.15) is 4.98 Å². The molecule has 0 aliphatic heterocycles. The second-order valence-electron chi connectivity index (χ2n) is 4.57. The number of hydrogen-bond donors (Lipinski definition) is 1. The van der Waals surface area contributed by atoms with Gasteiger partial charge in [-0.05, 0) is 18.1 Å². The van der Waals surface area contributed by atoms with Gasteiger partial charge >= 0.3 is 0 Å². The first kappa shape index (κ1) is 13.7. The topological polar surface area (TPSA) is 64.9 Å². The Morgan fingerprint density at radius 1 is 1.37 bits per heavy atom. The number of halogens is 1. The van der Waals surface area contributed by atoms with E-state index in [9.17, 15) is 4.39 Å². The molecule has 2 rings (SSSR count). The Balaban J connectivity index is 2.03. The van der Waals surface area contributed by atoms with Crippen LogP contribution in [-0.4, -0.2) is 10.1 Å². The largest absolute Gasteiger partial charge is 0.338 e. The van der Waals surface area contributed by atoms with Crippen LogP contribution in [0.5, 0.6) is 0 Å². The van der Waals surface area contributed by atoms with Crippen molar-refractivity contribution in [3.05, 3.63) is 47.4 Å². The van der Waals surface area contributed by atoms with E-state index in [0.29, 0.717) is 23.7 Å². The Morgan fingerprint density at radius 3 is 2.89 bits per heavy atom. The van der Waals surface area contributed by atoms with E-state index in [4.69, 9.17) is 10.3 Å². The Hall–Kier alpha value is -1.75. The third kappa shape index (κ3) is 3.61. The quantitative estimate of drug-likeness (QED) is 0.870. The molecule has 0 bridgehead atoms. The Labute approximate surface area is 111 Å². The number of nitrogens with zero attached hydrogens (tertiary/aromatic N) is 2. The number of aromatic nitrogens is 2. The summed E-state index contributed by atoms with van der Waals surface area (Å²) in [5, 5.41) is 3.85. The van der Waals surface area contributed by atoms with Crippen molar-refractivity contribution in [3.63, 3.8) is 0 Å². The highest BCUT2D eigenvalue weighted by Crippen LogP contribution is 2.16. The third-order valence-electron chi connectivity index (χ3n) is 2.98. The average molecular weight is 263 g/mol.